The van der Waals surface area contributed by atoms with E-state index in [9.17, 15) is 33.9 Å². The smallest absolute Gasteiger partial charge is 0.347 e. The summed E-state index contributed by atoms with van der Waals surface area (Å²) in [4.78, 5) is 67.9. The van der Waals surface area contributed by atoms with E-state index in [1.54, 1.807) is 0 Å². The molecule has 0 aromatic carbocycles. The molecule has 0 unspecified atom stereocenters. The molecule has 134 valence electrons. The van der Waals surface area contributed by atoms with E-state index in [-0.39, 0.29) is 0 Å². The Labute approximate surface area is 141 Å². The molecule has 0 amide bonds. The predicted octanol–water partition coefficient (Wildman–Crippen LogP) is -0.735. The maximum absolute atomic E-state index is 11.8. The molecular weight excluding hydrogens is 340 g/mol. The van der Waals surface area contributed by atoms with Gasteiger partial charge in [-0.05, 0) is 0 Å². The fraction of sp³-hybridized carbons (Fsp3) is 0.200. The van der Waals surface area contributed by atoms with Crippen molar-refractivity contribution in [2.75, 3.05) is 0 Å². The minimum Gasteiger partial charge on any atom is -0.390 e. The van der Waals surface area contributed by atoms with Gasteiger partial charge in [-0.25, -0.2) is 19.2 Å². The van der Waals surface area contributed by atoms with Crippen LogP contribution in [-0.2, 0) is 43.0 Å². The van der Waals surface area contributed by atoms with Gasteiger partial charge < -0.3 is 19.3 Å². The van der Waals surface area contributed by atoms with E-state index in [0.29, 0.717) is 18.2 Å². The highest BCUT2D eigenvalue weighted by Crippen LogP contribution is 2.20. The molecule has 0 heterocycles. The minimum absolute atomic E-state index is 0.581. The zero-order valence-corrected chi connectivity index (χ0v) is 12.9. The lowest BCUT2D eigenvalue weighted by Gasteiger charge is -2.22. The van der Waals surface area contributed by atoms with Gasteiger partial charge in [-0.2, -0.15) is 0 Å². The average Bonchev–Trinajstić information content (AvgIpc) is 2.53. The summed E-state index contributed by atoms with van der Waals surface area (Å²) in [5, 5.41) is 10.2. The molecule has 0 atom stereocenters. The van der Waals surface area contributed by atoms with Crippen molar-refractivity contribution in [1.29, 1.82) is 0 Å². The topological polar surface area (TPSA) is 150 Å². The van der Waals surface area contributed by atoms with Crippen LogP contribution in [0, 0.1) is 0 Å². The highest BCUT2D eigenvalue weighted by molar-refractivity contribution is 6.01. The van der Waals surface area contributed by atoms with Gasteiger partial charge in [0.2, 0.25) is 0 Å². The van der Waals surface area contributed by atoms with Gasteiger partial charge >= 0.3 is 35.8 Å². The van der Waals surface area contributed by atoms with Crippen molar-refractivity contribution in [3.63, 3.8) is 0 Å². The lowest BCUT2D eigenvalue weighted by atomic mass is 9.95. The standard InChI is InChI=1S/C15H14O10/c1-4-9(16)23-12(19)7-15(22,14(21)25-11(18)6-3)8-13(20)24-10(17)5-2/h4-6,22H,1-3,7-8H2. The van der Waals surface area contributed by atoms with Crippen molar-refractivity contribution in [2.45, 2.75) is 18.4 Å². The second kappa shape index (κ2) is 9.67. The van der Waals surface area contributed by atoms with Crippen molar-refractivity contribution in [2.24, 2.45) is 0 Å². The van der Waals surface area contributed by atoms with Crippen LogP contribution < -0.4 is 0 Å². The Morgan fingerprint density at radius 3 is 1.36 bits per heavy atom. The third-order valence-corrected chi connectivity index (χ3v) is 2.38. The Morgan fingerprint density at radius 2 is 1.04 bits per heavy atom. The predicted molar refractivity (Wildman–Crippen MR) is 78.1 cm³/mol. The van der Waals surface area contributed by atoms with Gasteiger partial charge in [0.05, 0.1) is 12.8 Å². The molecule has 0 aliphatic heterocycles. The Kier molecular flexibility index (Phi) is 8.36. The molecule has 25 heavy (non-hydrogen) atoms. The second-order valence-electron chi connectivity index (χ2n) is 4.29. The first-order valence-corrected chi connectivity index (χ1v) is 6.43. The number of esters is 6. The van der Waals surface area contributed by atoms with E-state index in [0.717, 1.165) is 0 Å². The first-order valence-electron chi connectivity index (χ1n) is 6.43. The van der Waals surface area contributed by atoms with Crippen molar-refractivity contribution in [1.82, 2.24) is 0 Å². The number of carbonyl (C=O) groups is 6. The maximum atomic E-state index is 11.8. The quantitative estimate of drug-likeness (QED) is 0.255. The zero-order valence-electron chi connectivity index (χ0n) is 12.9. The first-order chi connectivity index (χ1) is 11.6. The number of ether oxygens (including phenoxy) is 3. The van der Waals surface area contributed by atoms with Gasteiger partial charge in [0.15, 0.2) is 5.60 Å². The lowest BCUT2D eigenvalue weighted by molar-refractivity contribution is -0.182. The lowest BCUT2D eigenvalue weighted by Crippen LogP contribution is -2.45. The Bertz CT molecular complexity index is 607. The SMILES string of the molecule is C=CC(=O)OC(=O)CC(O)(CC(=O)OC(=O)C=C)C(=O)OC(=O)C=C. The molecule has 0 aromatic heterocycles. The Balaban J connectivity index is 5.36. The highest BCUT2D eigenvalue weighted by Gasteiger charge is 2.44. The summed E-state index contributed by atoms with van der Waals surface area (Å²) in [5.41, 5.74) is -2.95. The van der Waals surface area contributed by atoms with Crippen LogP contribution in [0.1, 0.15) is 12.8 Å². The van der Waals surface area contributed by atoms with Crippen molar-refractivity contribution >= 4 is 35.8 Å². The summed E-state index contributed by atoms with van der Waals surface area (Å²) in [6.45, 7) is 9.07. The Hall–Kier alpha value is -3.40. The monoisotopic (exact) mass is 354 g/mol. The molecule has 1 N–H and O–H groups in total. The Morgan fingerprint density at radius 1 is 0.720 bits per heavy atom. The van der Waals surface area contributed by atoms with E-state index in [1.165, 1.54) is 0 Å². The largest absolute Gasteiger partial charge is 0.390 e. The van der Waals surface area contributed by atoms with Crippen molar-refractivity contribution in [3.8, 4) is 0 Å². The molecule has 0 fully saturated rings. The maximum Gasteiger partial charge on any atom is 0.347 e. The fourth-order valence-corrected chi connectivity index (χ4v) is 1.29. The molecule has 10 heteroatoms. The normalized spacial score (nSPS) is 9.96. The molecule has 0 bridgehead atoms. The number of rotatable bonds is 8. The molecule has 0 aromatic rings. The van der Waals surface area contributed by atoms with Crippen molar-refractivity contribution < 1.29 is 48.1 Å². The van der Waals surface area contributed by atoms with Gasteiger partial charge in [-0.15, -0.1) is 0 Å². The van der Waals surface area contributed by atoms with Crippen LogP contribution >= 0.6 is 0 Å². The third kappa shape index (κ3) is 7.61. The average molecular weight is 354 g/mol. The molecule has 0 radical (unpaired) electrons. The number of aliphatic hydroxyl groups is 1. The van der Waals surface area contributed by atoms with Gasteiger partial charge in [-0.3, -0.25) is 9.59 Å². The molecule has 0 saturated heterocycles. The van der Waals surface area contributed by atoms with Gasteiger partial charge in [0, 0.05) is 18.2 Å². The van der Waals surface area contributed by atoms with Crippen LogP contribution in [0.25, 0.3) is 0 Å². The van der Waals surface area contributed by atoms with Crippen LogP contribution in [0.3, 0.4) is 0 Å². The summed E-state index contributed by atoms with van der Waals surface area (Å²) < 4.78 is 12.5. The van der Waals surface area contributed by atoms with Crippen molar-refractivity contribution in [3.05, 3.63) is 38.0 Å². The van der Waals surface area contributed by atoms with Gasteiger partial charge in [0.1, 0.15) is 0 Å². The molecule has 10 nitrogen and oxygen atoms in total. The van der Waals surface area contributed by atoms with Crippen LogP contribution in [0.15, 0.2) is 38.0 Å². The number of hydrogen-bond donors (Lipinski definition) is 1. The molecule has 0 aliphatic rings. The molecule has 0 saturated carbocycles. The zero-order chi connectivity index (χ0) is 19.6. The van der Waals surface area contributed by atoms with E-state index in [4.69, 9.17) is 0 Å². The van der Waals surface area contributed by atoms with E-state index >= 15 is 0 Å². The van der Waals surface area contributed by atoms with Gasteiger partial charge in [0.25, 0.3) is 0 Å². The third-order valence-electron chi connectivity index (χ3n) is 2.38. The van der Waals surface area contributed by atoms with E-state index < -0.39 is 54.3 Å². The van der Waals surface area contributed by atoms with E-state index in [1.807, 2.05) is 0 Å². The van der Waals surface area contributed by atoms with Gasteiger partial charge in [-0.1, -0.05) is 19.7 Å². The van der Waals surface area contributed by atoms with E-state index in [2.05, 4.69) is 33.9 Å². The van der Waals surface area contributed by atoms with Crippen LogP contribution in [0.5, 0.6) is 0 Å². The second-order valence-corrected chi connectivity index (χ2v) is 4.29. The summed E-state index contributed by atoms with van der Waals surface area (Å²) in [6, 6.07) is 0. The summed E-state index contributed by atoms with van der Waals surface area (Å²) in [5.74, 6) is -8.24. The summed E-state index contributed by atoms with van der Waals surface area (Å²) in [7, 11) is 0. The fourth-order valence-electron chi connectivity index (χ4n) is 1.29. The first kappa shape index (κ1) is 21.6. The summed E-state index contributed by atoms with van der Waals surface area (Å²) in [6.07, 6.45) is -0.668. The van der Waals surface area contributed by atoms with Crippen LogP contribution in [-0.4, -0.2) is 46.5 Å². The highest BCUT2D eigenvalue weighted by atomic mass is 16.6. The number of carbonyl (C=O) groups excluding carboxylic acids is 6. The number of hydrogen-bond acceptors (Lipinski definition) is 10. The molecule has 0 spiro atoms. The molecule has 0 aliphatic carbocycles. The molecule has 0 rings (SSSR count). The van der Waals surface area contributed by atoms with Crippen LogP contribution in [0.2, 0.25) is 0 Å². The minimum atomic E-state index is -2.95. The van der Waals surface area contributed by atoms with Crippen LogP contribution in [0.4, 0.5) is 0 Å². The molecular formula is C15H14O10. The summed E-state index contributed by atoms with van der Waals surface area (Å²) >= 11 is 0.